The molecule has 1 saturated heterocycles. The van der Waals surface area contributed by atoms with Crippen molar-refractivity contribution in [2.75, 3.05) is 6.61 Å². The van der Waals surface area contributed by atoms with Crippen molar-refractivity contribution in [3.63, 3.8) is 0 Å². The van der Waals surface area contributed by atoms with Crippen LogP contribution in [-0.4, -0.2) is 30.1 Å². The third-order valence-corrected chi connectivity index (χ3v) is 9.94. The van der Waals surface area contributed by atoms with Gasteiger partial charge in [-0.2, -0.15) is 0 Å². The molecule has 0 N–H and O–H groups in total. The normalized spacial score (nSPS) is 41.7. The van der Waals surface area contributed by atoms with Crippen molar-refractivity contribution in [1.29, 1.82) is 0 Å². The zero-order chi connectivity index (χ0) is 21.5. The lowest BCUT2D eigenvalue weighted by Crippen LogP contribution is -2.52. The molecule has 2 heterocycles. The monoisotopic (exact) mass is 426 g/mol. The molecule has 2 bridgehead atoms. The molecule has 0 aromatic heterocycles. The van der Waals surface area contributed by atoms with E-state index in [-0.39, 0.29) is 28.8 Å². The summed E-state index contributed by atoms with van der Waals surface area (Å²) in [6.07, 6.45) is 5.50. The van der Waals surface area contributed by atoms with Gasteiger partial charge in [0.15, 0.2) is 11.4 Å². The molecular weight excluding hydrogens is 392 g/mol. The minimum atomic E-state index is -0.812. The molecule has 5 aliphatic rings. The van der Waals surface area contributed by atoms with Crippen LogP contribution in [0.15, 0.2) is 24.3 Å². The molecule has 1 aromatic carbocycles. The number of ether oxygens (including phenoxy) is 4. The second kappa shape index (κ2) is 6.55. The zero-order valence-corrected chi connectivity index (χ0v) is 18.9. The summed E-state index contributed by atoms with van der Waals surface area (Å²) in [6.45, 7) is 8.35. The summed E-state index contributed by atoms with van der Waals surface area (Å²) in [6, 6.07) is 8.34. The summed E-state index contributed by atoms with van der Waals surface area (Å²) in [5.74, 6) is -0.232. The number of fused-ring (bicyclic) bond motifs is 5. The minimum absolute atomic E-state index is 0.0398. The van der Waals surface area contributed by atoms with Crippen molar-refractivity contribution >= 4 is 5.97 Å². The lowest BCUT2D eigenvalue weighted by atomic mass is 9.66. The Labute approximate surface area is 184 Å². The van der Waals surface area contributed by atoms with Crippen LogP contribution < -0.4 is 0 Å². The second-order valence-corrected chi connectivity index (χ2v) is 11.3. The van der Waals surface area contributed by atoms with E-state index in [2.05, 4.69) is 45.0 Å². The summed E-state index contributed by atoms with van der Waals surface area (Å²) in [7, 11) is 0. The van der Waals surface area contributed by atoms with Gasteiger partial charge in [0.05, 0.1) is 25.7 Å². The second-order valence-electron chi connectivity index (χ2n) is 11.3. The standard InChI is InChI=1S/C26H34O5/c1-23(2)24(3)12-13-25(23,30-16-24)22(27)31-20-9-8-17-10-11-26(21(17)20)28-14-18-6-4-5-7-19(18)15-29-26/h4-7,17,20-21H,8-16H2,1-3H3/t17-,20-,21+,24?,25?/m0/s1. The molecule has 3 aliphatic carbocycles. The van der Waals surface area contributed by atoms with Gasteiger partial charge in [0.1, 0.15) is 6.10 Å². The molecule has 168 valence electrons. The molecule has 0 radical (unpaired) electrons. The first-order valence-electron chi connectivity index (χ1n) is 12.0. The maximum absolute atomic E-state index is 13.6. The number of carbonyl (C=O) groups excluding carboxylic acids is 1. The number of esters is 1. The van der Waals surface area contributed by atoms with Crippen molar-refractivity contribution in [2.24, 2.45) is 22.7 Å². The molecule has 4 fully saturated rings. The van der Waals surface area contributed by atoms with Crippen molar-refractivity contribution < 1.29 is 23.7 Å². The first-order chi connectivity index (χ1) is 14.8. The van der Waals surface area contributed by atoms with Crippen LogP contribution in [0.1, 0.15) is 70.4 Å². The maximum Gasteiger partial charge on any atom is 0.339 e. The van der Waals surface area contributed by atoms with Crippen LogP contribution in [0.3, 0.4) is 0 Å². The fourth-order valence-corrected chi connectivity index (χ4v) is 7.31. The maximum atomic E-state index is 13.6. The number of rotatable bonds is 2. The minimum Gasteiger partial charge on any atom is -0.460 e. The van der Waals surface area contributed by atoms with Crippen LogP contribution in [0.5, 0.6) is 0 Å². The van der Waals surface area contributed by atoms with E-state index in [9.17, 15) is 4.79 Å². The van der Waals surface area contributed by atoms with Gasteiger partial charge < -0.3 is 18.9 Å². The van der Waals surface area contributed by atoms with Gasteiger partial charge in [0.2, 0.25) is 0 Å². The Morgan fingerprint density at radius 2 is 1.65 bits per heavy atom. The zero-order valence-electron chi connectivity index (χ0n) is 18.9. The quantitative estimate of drug-likeness (QED) is 0.639. The smallest absolute Gasteiger partial charge is 0.339 e. The van der Waals surface area contributed by atoms with E-state index in [0.717, 1.165) is 38.5 Å². The first-order valence-corrected chi connectivity index (χ1v) is 12.0. The summed E-state index contributed by atoms with van der Waals surface area (Å²) >= 11 is 0. The van der Waals surface area contributed by atoms with Gasteiger partial charge in [-0.05, 0) is 54.6 Å². The molecule has 5 nitrogen and oxygen atoms in total. The Hall–Kier alpha value is -1.43. The topological polar surface area (TPSA) is 54.0 Å². The highest BCUT2D eigenvalue weighted by Crippen LogP contribution is 2.65. The first kappa shape index (κ1) is 20.2. The lowest BCUT2D eigenvalue weighted by molar-refractivity contribution is -0.278. The Kier molecular flexibility index (Phi) is 4.27. The van der Waals surface area contributed by atoms with Gasteiger partial charge in [-0.1, -0.05) is 45.0 Å². The van der Waals surface area contributed by atoms with E-state index in [1.54, 1.807) is 0 Å². The van der Waals surface area contributed by atoms with E-state index < -0.39 is 11.4 Å². The van der Waals surface area contributed by atoms with Gasteiger partial charge in [-0.3, -0.25) is 0 Å². The Balaban J connectivity index is 1.24. The van der Waals surface area contributed by atoms with Gasteiger partial charge in [0, 0.05) is 11.8 Å². The Bertz CT molecular complexity index is 870. The molecular formula is C26H34O5. The Morgan fingerprint density at radius 3 is 2.23 bits per heavy atom. The number of carbonyl (C=O) groups is 1. The van der Waals surface area contributed by atoms with E-state index in [0.29, 0.717) is 25.7 Å². The van der Waals surface area contributed by atoms with E-state index in [1.807, 2.05) is 0 Å². The molecule has 1 spiro atoms. The molecule has 5 heteroatoms. The van der Waals surface area contributed by atoms with Crippen LogP contribution in [0.2, 0.25) is 0 Å². The van der Waals surface area contributed by atoms with Crippen molar-refractivity contribution in [2.45, 2.75) is 90.0 Å². The third kappa shape index (κ3) is 2.57. The predicted octanol–water partition coefficient (Wildman–Crippen LogP) is 4.76. The van der Waals surface area contributed by atoms with E-state index in [4.69, 9.17) is 18.9 Å². The summed E-state index contributed by atoms with van der Waals surface area (Å²) in [4.78, 5) is 13.6. The summed E-state index contributed by atoms with van der Waals surface area (Å²) in [5.41, 5.74) is 1.39. The van der Waals surface area contributed by atoms with E-state index >= 15 is 0 Å². The highest BCUT2D eigenvalue weighted by molar-refractivity contribution is 5.82. The van der Waals surface area contributed by atoms with Crippen LogP contribution in [-0.2, 0) is 37.0 Å². The van der Waals surface area contributed by atoms with Gasteiger partial charge in [-0.15, -0.1) is 0 Å². The molecule has 1 aromatic rings. The van der Waals surface area contributed by atoms with Crippen LogP contribution in [0.25, 0.3) is 0 Å². The van der Waals surface area contributed by atoms with E-state index in [1.165, 1.54) is 11.1 Å². The molecule has 6 rings (SSSR count). The molecule has 31 heavy (non-hydrogen) atoms. The highest BCUT2D eigenvalue weighted by atomic mass is 16.7. The van der Waals surface area contributed by atoms with Crippen LogP contribution >= 0.6 is 0 Å². The fourth-order valence-electron chi connectivity index (χ4n) is 7.31. The lowest BCUT2D eigenvalue weighted by Gasteiger charge is -2.40. The van der Waals surface area contributed by atoms with Crippen LogP contribution in [0, 0.1) is 22.7 Å². The van der Waals surface area contributed by atoms with Crippen molar-refractivity contribution in [3.05, 3.63) is 35.4 Å². The largest absolute Gasteiger partial charge is 0.460 e. The Morgan fingerprint density at radius 1 is 0.935 bits per heavy atom. The average molecular weight is 427 g/mol. The average Bonchev–Trinajstić information content (AvgIpc) is 3.38. The third-order valence-electron chi connectivity index (χ3n) is 9.94. The van der Waals surface area contributed by atoms with Crippen LogP contribution in [0.4, 0.5) is 0 Å². The highest BCUT2D eigenvalue weighted by Gasteiger charge is 2.71. The molecule has 0 amide bonds. The number of hydrogen-bond donors (Lipinski definition) is 0. The van der Waals surface area contributed by atoms with Crippen molar-refractivity contribution in [1.82, 2.24) is 0 Å². The number of benzene rings is 1. The van der Waals surface area contributed by atoms with Gasteiger partial charge >= 0.3 is 5.97 Å². The number of hydrogen-bond acceptors (Lipinski definition) is 5. The molecule has 2 unspecified atom stereocenters. The molecule has 2 aliphatic heterocycles. The molecule has 5 atom stereocenters. The van der Waals surface area contributed by atoms with Gasteiger partial charge in [0.25, 0.3) is 0 Å². The molecule has 3 saturated carbocycles. The summed E-state index contributed by atoms with van der Waals surface area (Å²) < 4.78 is 25.5. The fraction of sp³-hybridized carbons (Fsp3) is 0.731. The van der Waals surface area contributed by atoms with Gasteiger partial charge in [-0.25, -0.2) is 4.79 Å². The van der Waals surface area contributed by atoms with Crippen molar-refractivity contribution in [3.8, 4) is 0 Å². The summed E-state index contributed by atoms with van der Waals surface area (Å²) in [5, 5.41) is 0. The predicted molar refractivity (Wildman–Crippen MR) is 114 cm³/mol. The SMILES string of the molecule is CC12CCC(C(=O)O[C@H]3CC[C@H]4CCC5(OCc6ccccc6CO5)[C@H]43)(OC1)C2(C)C.